The molecule has 2 saturated heterocycles. The molecule has 1 aromatic rings. The van der Waals surface area contributed by atoms with Crippen LogP contribution in [-0.2, 0) is 14.3 Å². The van der Waals surface area contributed by atoms with Crippen LogP contribution in [0.15, 0.2) is 35.9 Å². The molecule has 1 N–H and O–H groups in total. The number of hydrogen-bond acceptors (Lipinski definition) is 4. The summed E-state index contributed by atoms with van der Waals surface area (Å²) in [5.41, 5.74) is -0.563. The highest BCUT2D eigenvalue weighted by molar-refractivity contribution is 5.89. The predicted molar refractivity (Wildman–Crippen MR) is 109 cm³/mol. The Morgan fingerprint density at radius 2 is 2.14 bits per heavy atom. The van der Waals surface area contributed by atoms with Gasteiger partial charge in [-0.1, -0.05) is 42.8 Å². The quantitative estimate of drug-likeness (QED) is 0.477. The number of benzene rings is 1. The van der Waals surface area contributed by atoms with Gasteiger partial charge in [-0.25, -0.2) is 4.79 Å². The van der Waals surface area contributed by atoms with Gasteiger partial charge in [-0.05, 0) is 55.6 Å². The molecule has 1 aliphatic carbocycles. The molecule has 0 unspecified atom stereocenters. The lowest BCUT2D eigenvalue weighted by atomic mass is 9.73. The second-order valence-corrected chi connectivity index (χ2v) is 8.13. The average molecular weight is 393 g/mol. The van der Waals surface area contributed by atoms with Crippen molar-refractivity contribution < 1.29 is 19.4 Å². The van der Waals surface area contributed by atoms with Gasteiger partial charge in [-0.3, -0.25) is 4.79 Å². The Bertz CT molecular complexity index is 896. The number of rotatable bonds is 2. The highest BCUT2D eigenvalue weighted by atomic mass is 16.5. The minimum atomic E-state index is -1.56. The molecule has 0 bridgehead atoms. The third-order valence-corrected chi connectivity index (χ3v) is 6.68. The minimum Gasteiger partial charge on any atom is -0.456 e. The first kappa shape index (κ1) is 19.7. The fourth-order valence-corrected chi connectivity index (χ4v) is 5.48. The molecular formula is C24H27NO4. The van der Waals surface area contributed by atoms with E-state index in [1.54, 1.807) is 6.92 Å². The van der Waals surface area contributed by atoms with Gasteiger partial charge < -0.3 is 14.7 Å². The number of amides is 1. The fourth-order valence-electron chi connectivity index (χ4n) is 5.48. The molecule has 3 aliphatic rings. The SMILES string of the molecule is CCOC(=O)C#C[C@@]1(O)/C(=C/c2ccccc2)C[C@@H]2CCCCN3C(=O)CC[C@]231. The van der Waals surface area contributed by atoms with Crippen molar-refractivity contribution in [2.45, 2.75) is 56.6 Å². The van der Waals surface area contributed by atoms with Crippen molar-refractivity contribution in [1.29, 1.82) is 0 Å². The molecule has 4 rings (SSSR count). The standard InChI is InChI=1S/C24H27NO4/c1-2-29-22(27)12-14-24(28)20(16-18-8-4-3-5-9-18)17-19-10-6-7-15-25-21(26)11-13-23(19,24)25/h3-5,8-9,16,19,28H,2,6-7,10-11,13,15,17H2,1H3/b20-16+/t19-,23+,24+/m0/s1. The van der Waals surface area contributed by atoms with Crippen molar-refractivity contribution in [1.82, 2.24) is 4.90 Å². The van der Waals surface area contributed by atoms with E-state index in [-0.39, 0.29) is 18.4 Å². The third-order valence-electron chi connectivity index (χ3n) is 6.68. The second kappa shape index (κ2) is 7.68. The van der Waals surface area contributed by atoms with Crippen LogP contribution in [0.25, 0.3) is 6.08 Å². The zero-order valence-corrected chi connectivity index (χ0v) is 16.8. The number of esters is 1. The minimum absolute atomic E-state index is 0.0780. The fraction of sp³-hybridized carbons (Fsp3) is 0.500. The summed E-state index contributed by atoms with van der Waals surface area (Å²) in [6.07, 6.45) is 6.53. The van der Waals surface area contributed by atoms with Crippen LogP contribution < -0.4 is 0 Å². The molecule has 3 atom stereocenters. The first-order chi connectivity index (χ1) is 14.0. The average Bonchev–Trinajstić information content (AvgIpc) is 3.07. The summed E-state index contributed by atoms with van der Waals surface area (Å²) in [6.45, 7) is 2.59. The molecule has 1 spiro atoms. The van der Waals surface area contributed by atoms with Gasteiger partial charge >= 0.3 is 5.97 Å². The van der Waals surface area contributed by atoms with Gasteiger partial charge in [0.1, 0.15) is 0 Å². The van der Waals surface area contributed by atoms with Gasteiger partial charge in [0.05, 0.1) is 12.1 Å². The van der Waals surface area contributed by atoms with E-state index < -0.39 is 17.1 Å². The van der Waals surface area contributed by atoms with Gasteiger partial charge in [0.15, 0.2) is 5.60 Å². The van der Waals surface area contributed by atoms with Gasteiger partial charge in [-0.2, -0.15) is 0 Å². The zero-order chi connectivity index (χ0) is 20.5. The maximum Gasteiger partial charge on any atom is 0.384 e. The molecule has 0 radical (unpaired) electrons. The molecule has 5 nitrogen and oxygen atoms in total. The van der Waals surface area contributed by atoms with Gasteiger partial charge in [0.2, 0.25) is 5.91 Å². The summed E-state index contributed by atoms with van der Waals surface area (Å²) in [6, 6.07) is 9.81. The van der Waals surface area contributed by atoms with Crippen molar-refractivity contribution in [3.8, 4) is 11.8 Å². The third kappa shape index (κ3) is 3.16. The Labute approximate surface area is 171 Å². The van der Waals surface area contributed by atoms with Crippen LogP contribution in [0.5, 0.6) is 0 Å². The highest BCUT2D eigenvalue weighted by Crippen LogP contribution is 2.58. The molecule has 1 aromatic carbocycles. The number of carbonyl (C=O) groups is 2. The molecule has 5 heteroatoms. The predicted octanol–water partition coefficient (Wildman–Crippen LogP) is 2.93. The Hall–Kier alpha value is -2.58. The lowest BCUT2D eigenvalue weighted by Crippen LogP contribution is -2.61. The van der Waals surface area contributed by atoms with E-state index >= 15 is 0 Å². The van der Waals surface area contributed by atoms with E-state index in [9.17, 15) is 14.7 Å². The molecule has 1 saturated carbocycles. The lowest BCUT2D eigenvalue weighted by Gasteiger charge is -2.45. The molecule has 1 amide bonds. The Morgan fingerprint density at radius 1 is 1.34 bits per heavy atom. The zero-order valence-electron chi connectivity index (χ0n) is 16.8. The Kier molecular flexibility index (Phi) is 5.23. The molecule has 29 heavy (non-hydrogen) atoms. The van der Waals surface area contributed by atoms with Crippen LogP contribution in [0.4, 0.5) is 0 Å². The summed E-state index contributed by atoms with van der Waals surface area (Å²) < 4.78 is 4.97. The normalized spacial score (nSPS) is 32.2. The molecule has 152 valence electrons. The summed E-state index contributed by atoms with van der Waals surface area (Å²) >= 11 is 0. The van der Waals surface area contributed by atoms with Crippen LogP contribution in [0.3, 0.4) is 0 Å². The van der Waals surface area contributed by atoms with E-state index in [2.05, 4.69) is 11.8 Å². The van der Waals surface area contributed by atoms with Crippen molar-refractivity contribution in [3.63, 3.8) is 0 Å². The maximum absolute atomic E-state index is 12.7. The van der Waals surface area contributed by atoms with Crippen LogP contribution in [0.1, 0.15) is 51.0 Å². The monoisotopic (exact) mass is 393 g/mol. The summed E-state index contributed by atoms with van der Waals surface area (Å²) in [4.78, 5) is 26.6. The molecule has 2 heterocycles. The Morgan fingerprint density at radius 3 is 2.90 bits per heavy atom. The van der Waals surface area contributed by atoms with Crippen molar-refractivity contribution in [2.24, 2.45) is 5.92 Å². The molecule has 3 fully saturated rings. The topological polar surface area (TPSA) is 66.8 Å². The van der Waals surface area contributed by atoms with Crippen LogP contribution in [-0.4, -0.2) is 46.2 Å². The van der Waals surface area contributed by atoms with Crippen LogP contribution in [0.2, 0.25) is 0 Å². The second-order valence-electron chi connectivity index (χ2n) is 8.13. The van der Waals surface area contributed by atoms with E-state index in [0.717, 1.165) is 30.4 Å². The van der Waals surface area contributed by atoms with Gasteiger partial charge in [0, 0.05) is 18.9 Å². The smallest absolute Gasteiger partial charge is 0.384 e. The number of carbonyl (C=O) groups excluding carboxylic acids is 2. The summed E-state index contributed by atoms with van der Waals surface area (Å²) in [5.74, 6) is 4.97. The van der Waals surface area contributed by atoms with Crippen molar-refractivity contribution in [2.75, 3.05) is 13.2 Å². The summed E-state index contributed by atoms with van der Waals surface area (Å²) in [5, 5.41) is 12.1. The number of aliphatic hydroxyl groups is 1. The molecular weight excluding hydrogens is 366 g/mol. The van der Waals surface area contributed by atoms with E-state index in [1.165, 1.54) is 0 Å². The largest absolute Gasteiger partial charge is 0.456 e. The first-order valence-electron chi connectivity index (χ1n) is 10.5. The number of nitrogens with zero attached hydrogens (tertiary/aromatic N) is 1. The van der Waals surface area contributed by atoms with Crippen molar-refractivity contribution in [3.05, 3.63) is 41.5 Å². The van der Waals surface area contributed by atoms with E-state index in [1.807, 2.05) is 41.3 Å². The highest BCUT2D eigenvalue weighted by Gasteiger charge is 2.67. The molecule has 0 aromatic heterocycles. The number of ether oxygens (including phenoxy) is 1. The van der Waals surface area contributed by atoms with Crippen LogP contribution in [0, 0.1) is 17.8 Å². The lowest BCUT2D eigenvalue weighted by molar-refractivity contribution is -0.136. The van der Waals surface area contributed by atoms with Gasteiger partial charge in [-0.15, -0.1) is 0 Å². The molecule has 2 aliphatic heterocycles. The van der Waals surface area contributed by atoms with E-state index in [4.69, 9.17) is 4.74 Å². The van der Waals surface area contributed by atoms with Crippen LogP contribution >= 0.6 is 0 Å². The maximum atomic E-state index is 12.7. The first-order valence-corrected chi connectivity index (χ1v) is 10.5. The summed E-state index contributed by atoms with van der Waals surface area (Å²) in [7, 11) is 0. The number of hydrogen-bond donors (Lipinski definition) is 1. The Balaban J connectivity index is 1.86. The van der Waals surface area contributed by atoms with Crippen molar-refractivity contribution >= 4 is 18.0 Å². The van der Waals surface area contributed by atoms with E-state index in [0.29, 0.717) is 25.8 Å². The van der Waals surface area contributed by atoms with Gasteiger partial charge in [0.25, 0.3) is 0 Å².